The second kappa shape index (κ2) is 9.21. The third-order valence-electron chi connectivity index (χ3n) is 14.5. The minimum Gasteiger partial charge on any atom is -0.459 e. The van der Waals surface area contributed by atoms with E-state index in [4.69, 9.17) is 14.2 Å². The van der Waals surface area contributed by atoms with E-state index in [0.717, 1.165) is 35.5 Å². The van der Waals surface area contributed by atoms with Crippen LogP contribution in [-0.2, 0) is 23.8 Å². The van der Waals surface area contributed by atoms with E-state index >= 15 is 0 Å². The molecule has 9 rings (SSSR count). The molecular weight excluding hydrogens is 512 g/mol. The summed E-state index contributed by atoms with van der Waals surface area (Å²) in [6.07, 6.45) is 16.4. The number of ether oxygens (including phenoxy) is 3. The van der Waals surface area contributed by atoms with Gasteiger partial charge in [0, 0.05) is 10.8 Å². The summed E-state index contributed by atoms with van der Waals surface area (Å²) in [5.41, 5.74) is -2.54. The molecule has 0 radical (unpaired) electrons. The molecule has 0 aromatic carbocycles. The molecule has 0 amide bonds. The van der Waals surface area contributed by atoms with Gasteiger partial charge in [-0.15, -0.1) is 0 Å². The Morgan fingerprint density at radius 2 is 1.02 bits per heavy atom. The van der Waals surface area contributed by atoms with Gasteiger partial charge < -0.3 is 14.2 Å². The van der Waals surface area contributed by atoms with Gasteiger partial charge in [0.15, 0.2) is 0 Å². The number of rotatable bonds is 7. The standard InChI is InChI=1S/C36H56O5/c1-7-34(30(38)41-32(4,5)36-17-26-11-27(18-36)13-28(12-26)19-36)20-33(6,21-39-22-34)29(37)40-31(2,3)35-14-23-8-24(15-35)10-25(9-23)16-35/h23-28H,7-22H2,1-6H3. The molecule has 2 unspecified atom stereocenters. The molecule has 1 aliphatic heterocycles. The Kier molecular flexibility index (Phi) is 6.44. The lowest BCUT2D eigenvalue weighted by Gasteiger charge is -2.62. The first-order chi connectivity index (χ1) is 19.2. The number of hydrogen-bond donors (Lipinski definition) is 0. The van der Waals surface area contributed by atoms with E-state index in [1.807, 2.05) is 6.92 Å². The zero-order valence-corrected chi connectivity index (χ0v) is 26.8. The third-order valence-corrected chi connectivity index (χ3v) is 14.5. The molecule has 9 aliphatic rings. The summed E-state index contributed by atoms with van der Waals surface area (Å²) in [6.45, 7) is 13.3. The highest BCUT2D eigenvalue weighted by Crippen LogP contribution is 2.66. The minimum absolute atomic E-state index is 0.0892. The van der Waals surface area contributed by atoms with Crippen molar-refractivity contribution in [3.05, 3.63) is 0 Å². The molecule has 5 nitrogen and oxygen atoms in total. The molecule has 0 aromatic rings. The summed E-state index contributed by atoms with van der Waals surface area (Å²) in [4.78, 5) is 28.3. The summed E-state index contributed by atoms with van der Waals surface area (Å²) in [5, 5.41) is 0. The van der Waals surface area contributed by atoms with Crippen LogP contribution in [0.5, 0.6) is 0 Å². The molecule has 0 spiro atoms. The van der Waals surface area contributed by atoms with Gasteiger partial charge in [0.05, 0.1) is 24.0 Å². The highest BCUT2D eigenvalue weighted by Gasteiger charge is 2.62. The van der Waals surface area contributed by atoms with E-state index < -0.39 is 22.0 Å². The fraction of sp³-hybridized carbons (Fsp3) is 0.944. The van der Waals surface area contributed by atoms with E-state index in [1.165, 1.54) is 77.0 Å². The maximum absolute atomic E-state index is 14.2. The number of carbonyl (C=O) groups excluding carboxylic acids is 2. The zero-order valence-electron chi connectivity index (χ0n) is 26.8. The predicted molar refractivity (Wildman–Crippen MR) is 158 cm³/mol. The lowest BCUT2D eigenvalue weighted by Crippen LogP contribution is -2.60. The van der Waals surface area contributed by atoms with Crippen LogP contribution >= 0.6 is 0 Å². The summed E-state index contributed by atoms with van der Waals surface area (Å²) in [7, 11) is 0. The van der Waals surface area contributed by atoms with Crippen molar-refractivity contribution in [2.24, 2.45) is 57.2 Å². The highest BCUT2D eigenvalue weighted by atomic mass is 16.6. The zero-order chi connectivity index (χ0) is 29.1. The van der Waals surface area contributed by atoms with Crippen molar-refractivity contribution in [2.75, 3.05) is 13.2 Å². The maximum atomic E-state index is 14.2. The van der Waals surface area contributed by atoms with E-state index in [9.17, 15) is 9.59 Å². The molecule has 0 N–H and O–H groups in total. The molecule has 1 heterocycles. The van der Waals surface area contributed by atoms with Gasteiger partial charge >= 0.3 is 11.9 Å². The molecule has 8 saturated carbocycles. The Labute approximate surface area is 248 Å². The van der Waals surface area contributed by atoms with Crippen molar-refractivity contribution in [1.29, 1.82) is 0 Å². The first kappa shape index (κ1) is 28.7. The molecule has 8 aliphatic carbocycles. The summed E-state index contributed by atoms with van der Waals surface area (Å²) in [6, 6.07) is 0. The quantitative estimate of drug-likeness (QED) is 0.292. The molecule has 1 saturated heterocycles. The van der Waals surface area contributed by atoms with Gasteiger partial charge in [-0.1, -0.05) is 6.92 Å². The molecule has 2 atom stereocenters. The second-order valence-electron chi connectivity index (χ2n) is 18.1. The summed E-state index contributed by atoms with van der Waals surface area (Å²) >= 11 is 0. The van der Waals surface area contributed by atoms with Gasteiger partial charge in [-0.25, -0.2) is 0 Å². The minimum atomic E-state index is -0.863. The Morgan fingerprint density at radius 3 is 1.39 bits per heavy atom. The SMILES string of the molecule is CCC1(C(=O)OC(C)(C)C23CC4CC(CC(C4)C2)C3)COCC(C)(C(=O)OC(C)(C)C23CC4CC(CC(C4)C2)C3)C1. The fourth-order valence-electron chi connectivity index (χ4n) is 12.6. The normalized spacial score (nSPS) is 48.3. The Bertz CT molecular complexity index is 1020. The fourth-order valence-corrected chi connectivity index (χ4v) is 12.6. The Balaban J connectivity index is 1.07. The number of carbonyl (C=O) groups is 2. The summed E-state index contributed by atoms with van der Waals surface area (Å²) < 4.78 is 19.4. The lowest BCUT2D eigenvalue weighted by atomic mass is 9.46. The van der Waals surface area contributed by atoms with E-state index in [1.54, 1.807) is 0 Å². The molecule has 0 aromatic heterocycles. The van der Waals surface area contributed by atoms with Crippen molar-refractivity contribution in [2.45, 2.75) is 143 Å². The van der Waals surface area contributed by atoms with E-state index in [2.05, 4.69) is 34.6 Å². The molecule has 8 bridgehead atoms. The van der Waals surface area contributed by atoms with Crippen LogP contribution < -0.4 is 0 Å². The van der Waals surface area contributed by atoms with Gasteiger partial charge in [0.2, 0.25) is 0 Å². The van der Waals surface area contributed by atoms with Gasteiger partial charge in [-0.2, -0.15) is 0 Å². The van der Waals surface area contributed by atoms with Crippen LogP contribution in [0.2, 0.25) is 0 Å². The van der Waals surface area contributed by atoms with Crippen LogP contribution in [-0.4, -0.2) is 36.4 Å². The van der Waals surface area contributed by atoms with Gasteiger partial charge in [-0.05, 0) is 160 Å². The van der Waals surface area contributed by atoms with Crippen molar-refractivity contribution in [3.8, 4) is 0 Å². The Morgan fingerprint density at radius 1 is 0.659 bits per heavy atom. The predicted octanol–water partition coefficient (Wildman–Crippen LogP) is 7.89. The van der Waals surface area contributed by atoms with E-state index in [-0.39, 0.29) is 22.8 Å². The highest BCUT2D eigenvalue weighted by molar-refractivity contribution is 5.82. The second-order valence-corrected chi connectivity index (χ2v) is 18.1. The molecule has 5 heteroatoms. The summed E-state index contributed by atoms with van der Waals surface area (Å²) in [5.74, 6) is 4.44. The van der Waals surface area contributed by atoms with Crippen LogP contribution in [0, 0.1) is 57.2 Å². The maximum Gasteiger partial charge on any atom is 0.315 e. The van der Waals surface area contributed by atoms with Crippen molar-refractivity contribution in [3.63, 3.8) is 0 Å². The van der Waals surface area contributed by atoms with Crippen LogP contribution in [0.25, 0.3) is 0 Å². The smallest absolute Gasteiger partial charge is 0.315 e. The molecular formula is C36H56O5. The van der Waals surface area contributed by atoms with Crippen molar-refractivity contribution < 1.29 is 23.8 Å². The van der Waals surface area contributed by atoms with Crippen molar-refractivity contribution >= 4 is 11.9 Å². The molecule has 230 valence electrons. The first-order valence-electron chi connectivity index (χ1n) is 17.2. The van der Waals surface area contributed by atoms with E-state index in [0.29, 0.717) is 26.1 Å². The van der Waals surface area contributed by atoms with Gasteiger partial charge in [-0.3, -0.25) is 9.59 Å². The largest absolute Gasteiger partial charge is 0.459 e. The Hall–Kier alpha value is -1.10. The van der Waals surface area contributed by atoms with Gasteiger partial charge in [0.25, 0.3) is 0 Å². The average Bonchev–Trinajstić information content (AvgIpc) is 2.86. The number of esters is 2. The monoisotopic (exact) mass is 568 g/mol. The van der Waals surface area contributed by atoms with Crippen LogP contribution in [0.15, 0.2) is 0 Å². The number of hydrogen-bond acceptors (Lipinski definition) is 5. The van der Waals surface area contributed by atoms with Crippen LogP contribution in [0.1, 0.15) is 131 Å². The first-order valence-corrected chi connectivity index (χ1v) is 17.2. The van der Waals surface area contributed by atoms with Crippen LogP contribution in [0.3, 0.4) is 0 Å². The average molecular weight is 569 g/mol. The van der Waals surface area contributed by atoms with Gasteiger partial charge in [0.1, 0.15) is 11.2 Å². The topological polar surface area (TPSA) is 61.8 Å². The van der Waals surface area contributed by atoms with Crippen LogP contribution in [0.4, 0.5) is 0 Å². The molecule has 9 fully saturated rings. The lowest BCUT2D eigenvalue weighted by molar-refractivity contribution is -0.225. The van der Waals surface area contributed by atoms with Crippen molar-refractivity contribution in [1.82, 2.24) is 0 Å². The third kappa shape index (κ3) is 4.39. The molecule has 41 heavy (non-hydrogen) atoms.